The van der Waals surface area contributed by atoms with E-state index in [-0.39, 0.29) is 24.3 Å². The number of carbonyl (C=O) groups is 2. The van der Waals surface area contributed by atoms with Gasteiger partial charge in [0.25, 0.3) is 0 Å². The van der Waals surface area contributed by atoms with Crippen molar-refractivity contribution in [2.75, 3.05) is 6.54 Å². The van der Waals surface area contributed by atoms with Crippen LogP contribution in [0, 0.1) is 0 Å². The monoisotopic (exact) mass is 400 g/mol. The first-order chi connectivity index (χ1) is 13.4. The first kappa shape index (κ1) is 22.0. The highest BCUT2D eigenvalue weighted by Crippen LogP contribution is 2.18. The molecule has 0 spiro atoms. The van der Waals surface area contributed by atoms with Crippen LogP contribution >= 0.6 is 11.6 Å². The zero-order valence-electron chi connectivity index (χ0n) is 16.8. The second-order valence-corrected chi connectivity index (χ2v) is 7.59. The van der Waals surface area contributed by atoms with Crippen LogP contribution in [0.2, 0.25) is 5.02 Å². The summed E-state index contributed by atoms with van der Waals surface area (Å²) in [5.41, 5.74) is 1.91. The lowest BCUT2D eigenvalue weighted by molar-refractivity contribution is -0.140. The van der Waals surface area contributed by atoms with E-state index in [0.29, 0.717) is 24.4 Å². The van der Waals surface area contributed by atoms with E-state index in [0.717, 1.165) is 11.1 Å². The van der Waals surface area contributed by atoms with Crippen molar-refractivity contribution in [3.8, 4) is 0 Å². The number of halogens is 1. The van der Waals surface area contributed by atoms with Gasteiger partial charge in [0.05, 0.1) is 6.42 Å². The molecule has 2 aromatic rings. The van der Waals surface area contributed by atoms with Crippen LogP contribution in [0.15, 0.2) is 54.6 Å². The van der Waals surface area contributed by atoms with E-state index in [1.807, 2.05) is 69.3 Å². The van der Waals surface area contributed by atoms with Gasteiger partial charge in [0.2, 0.25) is 11.8 Å². The molecule has 1 atom stereocenters. The van der Waals surface area contributed by atoms with Gasteiger partial charge in [-0.15, -0.1) is 0 Å². The fourth-order valence-corrected chi connectivity index (χ4v) is 3.39. The lowest BCUT2D eigenvalue weighted by Crippen LogP contribution is -2.51. The Labute approximate surface area is 172 Å². The van der Waals surface area contributed by atoms with Crippen LogP contribution in [0.3, 0.4) is 0 Å². The minimum atomic E-state index is -0.499. The largest absolute Gasteiger partial charge is 0.352 e. The maximum Gasteiger partial charge on any atom is 0.242 e. The number of nitrogens with one attached hydrogen (secondary N) is 1. The molecule has 2 rings (SSSR count). The molecule has 0 aliphatic rings. The molecule has 28 heavy (non-hydrogen) atoms. The molecular weight excluding hydrogens is 372 g/mol. The van der Waals surface area contributed by atoms with Crippen molar-refractivity contribution in [1.29, 1.82) is 0 Å². The van der Waals surface area contributed by atoms with Gasteiger partial charge in [-0.3, -0.25) is 9.59 Å². The zero-order valence-corrected chi connectivity index (χ0v) is 17.6. The maximum absolute atomic E-state index is 13.2. The lowest BCUT2D eigenvalue weighted by Gasteiger charge is -2.31. The van der Waals surface area contributed by atoms with Crippen LogP contribution < -0.4 is 5.32 Å². The van der Waals surface area contributed by atoms with Crippen molar-refractivity contribution in [3.63, 3.8) is 0 Å². The Morgan fingerprint density at radius 1 is 1.04 bits per heavy atom. The summed E-state index contributed by atoms with van der Waals surface area (Å²) in [7, 11) is 0. The van der Waals surface area contributed by atoms with Gasteiger partial charge in [0, 0.05) is 17.6 Å². The number of rotatable bonds is 9. The molecule has 0 aliphatic carbocycles. The normalized spacial score (nSPS) is 11.9. The first-order valence-electron chi connectivity index (χ1n) is 9.79. The SMILES string of the molecule is CC[C@H](C(=O)NC(C)C)N(CCc1ccccc1)C(=O)Cc1ccccc1Cl. The Balaban J connectivity index is 2.21. The van der Waals surface area contributed by atoms with Gasteiger partial charge in [-0.2, -0.15) is 0 Å². The number of nitrogens with zero attached hydrogens (tertiary/aromatic N) is 1. The molecule has 0 aliphatic heterocycles. The molecule has 0 saturated heterocycles. The quantitative estimate of drug-likeness (QED) is 0.683. The van der Waals surface area contributed by atoms with Gasteiger partial charge in [0.1, 0.15) is 6.04 Å². The van der Waals surface area contributed by atoms with Gasteiger partial charge in [0.15, 0.2) is 0 Å². The van der Waals surface area contributed by atoms with Gasteiger partial charge in [-0.25, -0.2) is 0 Å². The van der Waals surface area contributed by atoms with Crippen molar-refractivity contribution in [1.82, 2.24) is 10.2 Å². The van der Waals surface area contributed by atoms with Crippen LogP contribution in [0.5, 0.6) is 0 Å². The average Bonchev–Trinajstić information content (AvgIpc) is 2.67. The number of benzene rings is 2. The number of hydrogen-bond acceptors (Lipinski definition) is 2. The summed E-state index contributed by atoms with van der Waals surface area (Å²) >= 11 is 6.24. The highest BCUT2D eigenvalue weighted by Gasteiger charge is 2.28. The van der Waals surface area contributed by atoms with E-state index in [1.165, 1.54) is 0 Å². The van der Waals surface area contributed by atoms with E-state index >= 15 is 0 Å². The summed E-state index contributed by atoms with van der Waals surface area (Å²) in [6, 6.07) is 16.9. The third-order valence-corrected chi connectivity index (χ3v) is 4.97. The molecule has 0 fully saturated rings. The van der Waals surface area contributed by atoms with E-state index in [4.69, 9.17) is 11.6 Å². The molecule has 0 aromatic heterocycles. The van der Waals surface area contributed by atoms with Crippen LogP contribution in [0.1, 0.15) is 38.3 Å². The minimum Gasteiger partial charge on any atom is -0.352 e. The van der Waals surface area contributed by atoms with Crippen molar-refractivity contribution in [2.24, 2.45) is 0 Å². The fraction of sp³-hybridized carbons (Fsp3) is 0.391. The third kappa shape index (κ3) is 6.38. The Kier molecular flexibility index (Phi) is 8.52. The Morgan fingerprint density at radius 2 is 1.68 bits per heavy atom. The van der Waals surface area contributed by atoms with Crippen molar-refractivity contribution < 1.29 is 9.59 Å². The smallest absolute Gasteiger partial charge is 0.242 e. The van der Waals surface area contributed by atoms with Crippen molar-refractivity contribution in [2.45, 2.75) is 52.1 Å². The summed E-state index contributed by atoms with van der Waals surface area (Å²) < 4.78 is 0. The predicted molar refractivity (Wildman–Crippen MR) is 114 cm³/mol. The number of carbonyl (C=O) groups excluding carboxylic acids is 2. The second-order valence-electron chi connectivity index (χ2n) is 7.18. The van der Waals surface area contributed by atoms with Crippen molar-refractivity contribution in [3.05, 3.63) is 70.7 Å². The molecule has 1 N–H and O–H groups in total. The topological polar surface area (TPSA) is 49.4 Å². The summed E-state index contributed by atoms with van der Waals surface area (Å²) in [6.07, 6.45) is 1.43. The Hall–Kier alpha value is -2.33. The standard InChI is InChI=1S/C23H29ClN2O2/c1-4-21(23(28)25-17(2)3)26(15-14-18-10-6-5-7-11-18)22(27)16-19-12-8-9-13-20(19)24/h5-13,17,21H,4,14-16H2,1-3H3,(H,25,28)/t21-/m1/s1. The highest BCUT2D eigenvalue weighted by atomic mass is 35.5. The molecule has 0 heterocycles. The van der Waals surface area contributed by atoms with Gasteiger partial charge >= 0.3 is 0 Å². The molecule has 0 saturated carbocycles. The minimum absolute atomic E-state index is 0.0243. The molecule has 0 unspecified atom stereocenters. The lowest BCUT2D eigenvalue weighted by atomic mass is 10.1. The molecule has 2 aromatic carbocycles. The van der Waals surface area contributed by atoms with E-state index in [1.54, 1.807) is 11.0 Å². The summed E-state index contributed by atoms with van der Waals surface area (Å²) in [6.45, 7) is 6.26. The van der Waals surface area contributed by atoms with E-state index in [9.17, 15) is 9.59 Å². The van der Waals surface area contributed by atoms with Gasteiger partial charge < -0.3 is 10.2 Å². The molecule has 0 radical (unpaired) electrons. The molecular formula is C23H29ClN2O2. The number of hydrogen-bond donors (Lipinski definition) is 1. The maximum atomic E-state index is 13.2. The summed E-state index contributed by atoms with van der Waals surface area (Å²) in [5.74, 6) is -0.201. The Morgan fingerprint density at radius 3 is 2.29 bits per heavy atom. The fourth-order valence-electron chi connectivity index (χ4n) is 3.18. The van der Waals surface area contributed by atoms with Crippen LogP contribution in [0.25, 0.3) is 0 Å². The zero-order chi connectivity index (χ0) is 20.5. The van der Waals surface area contributed by atoms with Gasteiger partial charge in [-0.05, 0) is 43.9 Å². The number of amides is 2. The Bertz CT molecular complexity index is 777. The van der Waals surface area contributed by atoms with Crippen LogP contribution in [0.4, 0.5) is 0 Å². The first-order valence-corrected chi connectivity index (χ1v) is 10.2. The molecule has 150 valence electrons. The average molecular weight is 401 g/mol. The van der Waals surface area contributed by atoms with Gasteiger partial charge in [-0.1, -0.05) is 67.1 Å². The van der Waals surface area contributed by atoms with E-state index < -0.39 is 6.04 Å². The summed E-state index contributed by atoms with van der Waals surface area (Å²) in [4.78, 5) is 27.6. The van der Waals surface area contributed by atoms with Crippen LogP contribution in [-0.4, -0.2) is 35.3 Å². The second kappa shape index (κ2) is 10.9. The van der Waals surface area contributed by atoms with Crippen molar-refractivity contribution >= 4 is 23.4 Å². The molecule has 5 heteroatoms. The van der Waals surface area contributed by atoms with E-state index in [2.05, 4.69) is 5.32 Å². The third-order valence-electron chi connectivity index (χ3n) is 4.60. The predicted octanol–water partition coefficient (Wildman–Crippen LogP) is 4.26. The van der Waals surface area contributed by atoms with Crippen LogP contribution in [-0.2, 0) is 22.4 Å². The molecule has 4 nitrogen and oxygen atoms in total. The molecule has 0 bridgehead atoms. The molecule has 2 amide bonds. The highest BCUT2D eigenvalue weighted by molar-refractivity contribution is 6.31. The summed E-state index contributed by atoms with van der Waals surface area (Å²) in [5, 5.41) is 3.51.